The largest absolute Gasteiger partial charge is 0.309 e. The maximum atomic E-state index is 2.35. The maximum absolute atomic E-state index is 2.35. The van der Waals surface area contributed by atoms with Crippen LogP contribution in [0.15, 0.2) is 152 Å². The summed E-state index contributed by atoms with van der Waals surface area (Å²) in [5.41, 5.74) is 11.5. The van der Waals surface area contributed by atoms with Gasteiger partial charge in [0.25, 0.3) is 0 Å². The van der Waals surface area contributed by atoms with Crippen LogP contribution in [-0.4, -0.2) is 4.57 Å². The summed E-state index contributed by atoms with van der Waals surface area (Å²) in [7, 11) is 0. The second-order valence-corrected chi connectivity index (χ2v) is 9.91. The molecule has 0 radical (unpaired) electrons. The third-order valence-electron chi connectivity index (χ3n) is 7.39. The molecule has 1 aromatic heterocycles. The van der Waals surface area contributed by atoms with E-state index < -0.39 is 0 Å². The maximum Gasteiger partial charge on any atom is 0.0541 e. The van der Waals surface area contributed by atoms with Crippen LogP contribution in [0.5, 0.6) is 0 Å². The SMILES string of the molecule is Cc1ccccc1-c1ccccc1C.c1ccc(-c2ccc(-n3c4ccccc4c4ccccc43)cc2)cc1. The summed E-state index contributed by atoms with van der Waals surface area (Å²) in [6, 6.07) is 53.6. The molecule has 0 saturated carbocycles. The molecule has 1 nitrogen and oxygen atoms in total. The number of nitrogens with zero attached hydrogens (tertiary/aromatic N) is 1. The lowest BCUT2D eigenvalue weighted by atomic mass is 9.97. The van der Waals surface area contributed by atoms with E-state index in [1.165, 1.54) is 60.9 Å². The predicted octanol–water partition coefficient (Wildman–Crippen LogP) is 10.4. The molecular weight excluding hydrogens is 470 g/mol. The van der Waals surface area contributed by atoms with E-state index in [2.05, 4.69) is 170 Å². The van der Waals surface area contributed by atoms with E-state index >= 15 is 0 Å². The highest BCUT2D eigenvalue weighted by Crippen LogP contribution is 2.32. The molecule has 7 rings (SSSR count). The Kier molecular flexibility index (Phi) is 6.80. The summed E-state index contributed by atoms with van der Waals surface area (Å²) in [5, 5.41) is 2.59. The van der Waals surface area contributed by atoms with Crippen LogP contribution in [-0.2, 0) is 0 Å². The minimum Gasteiger partial charge on any atom is -0.309 e. The number of aryl methyl sites for hydroxylation is 2. The molecule has 7 aromatic rings. The van der Waals surface area contributed by atoms with Crippen LogP contribution in [0.25, 0.3) is 49.7 Å². The van der Waals surface area contributed by atoms with Gasteiger partial charge in [0.15, 0.2) is 0 Å². The van der Waals surface area contributed by atoms with Crippen molar-refractivity contribution < 1.29 is 0 Å². The molecule has 0 amide bonds. The summed E-state index contributed by atoms with van der Waals surface area (Å²) in [4.78, 5) is 0. The van der Waals surface area contributed by atoms with E-state index in [-0.39, 0.29) is 0 Å². The molecule has 188 valence electrons. The van der Waals surface area contributed by atoms with Crippen molar-refractivity contribution in [1.82, 2.24) is 4.57 Å². The summed E-state index contributed by atoms with van der Waals surface area (Å²) in [5.74, 6) is 0. The Balaban J connectivity index is 0.000000168. The van der Waals surface area contributed by atoms with Crippen molar-refractivity contribution in [2.75, 3.05) is 0 Å². The molecule has 0 fully saturated rings. The quantitative estimate of drug-likeness (QED) is 0.227. The first kappa shape index (κ1) is 24.5. The van der Waals surface area contributed by atoms with Gasteiger partial charge in [-0.25, -0.2) is 0 Å². The van der Waals surface area contributed by atoms with Crippen molar-refractivity contribution in [3.8, 4) is 27.9 Å². The average Bonchev–Trinajstić information content (AvgIpc) is 3.33. The van der Waals surface area contributed by atoms with Gasteiger partial charge >= 0.3 is 0 Å². The number of aromatic nitrogens is 1. The van der Waals surface area contributed by atoms with E-state index in [1.54, 1.807) is 0 Å². The Labute approximate surface area is 230 Å². The first-order valence-corrected chi connectivity index (χ1v) is 13.5. The van der Waals surface area contributed by atoms with Gasteiger partial charge in [0.05, 0.1) is 11.0 Å². The predicted molar refractivity (Wildman–Crippen MR) is 168 cm³/mol. The van der Waals surface area contributed by atoms with Crippen LogP contribution in [0.2, 0.25) is 0 Å². The number of para-hydroxylation sites is 2. The Morgan fingerprint density at radius 2 is 0.769 bits per heavy atom. The molecule has 6 aromatic carbocycles. The Bertz CT molecular complexity index is 1760. The van der Waals surface area contributed by atoms with Gasteiger partial charge in [-0.2, -0.15) is 0 Å². The fraction of sp³-hybridized carbons (Fsp3) is 0.0526. The first-order chi connectivity index (χ1) is 19.2. The minimum absolute atomic E-state index is 1.19. The second-order valence-electron chi connectivity index (χ2n) is 9.91. The number of hydrogen-bond acceptors (Lipinski definition) is 0. The lowest BCUT2D eigenvalue weighted by molar-refractivity contribution is 1.18. The van der Waals surface area contributed by atoms with Gasteiger partial charge in [-0.1, -0.05) is 127 Å². The number of rotatable bonds is 3. The highest BCUT2D eigenvalue weighted by molar-refractivity contribution is 6.09. The molecule has 0 aliphatic heterocycles. The van der Waals surface area contributed by atoms with Crippen LogP contribution < -0.4 is 0 Å². The summed E-state index contributed by atoms with van der Waals surface area (Å²) in [6.45, 7) is 4.31. The molecule has 1 heteroatoms. The lowest BCUT2D eigenvalue weighted by Crippen LogP contribution is -1.93. The number of hydrogen-bond donors (Lipinski definition) is 0. The van der Waals surface area contributed by atoms with E-state index in [0.29, 0.717) is 0 Å². The monoisotopic (exact) mass is 501 g/mol. The lowest BCUT2D eigenvalue weighted by Gasteiger charge is -2.09. The van der Waals surface area contributed by atoms with Gasteiger partial charge in [0, 0.05) is 16.5 Å². The number of benzene rings is 6. The average molecular weight is 502 g/mol. The smallest absolute Gasteiger partial charge is 0.0541 e. The van der Waals surface area contributed by atoms with Crippen LogP contribution in [0.4, 0.5) is 0 Å². The Morgan fingerprint density at radius 3 is 1.28 bits per heavy atom. The summed E-state index contributed by atoms with van der Waals surface area (Å²) >= 11 is 0. The molecule has 0 saturated heterocycles. The zero-order chi connectivity index (χ0) is 26.6. The van der Waals surface area contributed by atoms with Crippen molar-refractivity contribution in [2.45, 2.75) is 13.8 Å². The summed E-state index contributed by atoms with van der Waals surface area (Å²) in [6.07, 6.45) is 0. The third-order valence-corrected chi connectivity index (χ3v) is 7.39. The molecule has 0 bridgehead atoms. The van der Waals surface area contributed by atoms with Crippen molar-refractivity contribution in [2.24, 2.45) is 0 Å². The van der Waals surface area contributed by atoms with Crippen LogP contribution in [0.3, 0.4) is 0 Å². The molecule has 0 N–H and O–H groups in total. The number of fused-ring (bicyclic) bond motifs is 3. The van der Waals surface area contributed by atoms with Crippen LogP contribution >= 0.6 is 0 Å². The molecular formula is C38H31N. The molecule has 0 spiro atoms. The van der Waals surface area contributed by atoms with Gasteiger partial charge < -0.3 is 4.57 Å². The zero-order valence-electron chi connectivity index (χ0n) is 22.4. The van der Waals surface area contributed by atoms with Crippen molar-refractivity contribution in [3.05, 3.63) is 163 Å². The fourth-order valence-electron chi connectivity index (χ4n) is 5.38. The van der Waals surface area contributed by atoms with E-state index in [1.807, 2.05) is 0 Å². The minimum atomic E-state index is 1.19. The zero-order valence-corrected chi connectivity index (χ0v) is 22.4. The standard InChI is InChI=1S/C24H17N.C14H14/c1-2-8-18(9-3-1)19-14-16-20(17-15-19)25-23-12-6-4-10-21(23)22-11-5-7-13-24(22)25;1-11-7-3-5-9-13(11)14-10-6-4-8-12(14)2/h1-17H;3-10H,1-2H3. The molecule has 0 unspecified atom stereocenters. The summed E-state index contributed by atoms with van der Waals surface area (Å²) < 4.78 is 2.35. The molecule has 0 aliphatic rings. The first-order valence-electron chi connectivity index (χ1n) is 13.5. The topological polar surface area (TPSA) is 4.93 Å². The molecule has 0 aliphatic carbocycles. The van der Waals surface area contributed by atoms with Crippen LogP contribution in [0, 0.1) is 13.8 Å². The van der Waals surface area contributed by atoms with Gasteiger partial charge in [-0.05, 0) is 71.5 Å². The Hall–Kier alpha value is -4.88. The fourth-order valence-corrected chi connectivity index (χ4v) is 5.38. The second kappa shape index (κ2) is 10.8. The van der Waals surface area contributed by atoms with Crippen molar-refractivity contribution >= 4 is 21.8 Å². The normalized spacial score (nSPS) is 10.8. The highest BCUT2D eigenvalue weighted by Gasteiger charge is 2.11. The molecule has 0 atom stereocenters. The van der Waals surface area contributed by atoms with E-state index in [0.717, 1.165) is 0 Å². The molecule has 39 heavy (non-hydrogen) atoms. The van der Waals surface area contributed by atoms with E-state index in [4.69, 9.17) is 0 Å². The van der Waals surface area contributed by atoms with Gasteiger partial charge in [0.1, 0.15) is 0 Å². The highest BCUT2D eigenvalue weighted by atomic mass is 15.0. The Morgan fingerprint density at radius 1 is 0.359 bits per heavy atom. The van der Waals surface area contributed by atoms with Crippen molar-refractivity contribution in [1.29, 1.82) is 0 Å². The van der Waals surface area contributed by atoms with Gasteiger partial charge in [0.2, 0.25) is 0 Å². The van der Waals surface area contributed by atoms with E-state index in [9.17, 15) is 0 Å². The van der Waals surface area contributed by atoms with Gasteiger partial charge in [-0.15, -0.1) is 0 Å². The van der Waals surface area contributed by atoms with Gasteiger partial charge in [-0.3, -0.25) is 0 Å². The van der Waals surface area contributed by atoms with Crippen LogP contribution in [0.1, 0.15) is 11.1 Å². The third kappa shape index (κ3) is 4.87. The van der Waals surface area contributed by atoms with Crippen molar-refractivity contribution in [3.63, 3.8) is 0 Å². The molecule has 1 heterocycles.